The number of hydrogen-bond donors (Lipinski definition) is 2. The first-order valence-electron chi connectivity index (χ1n) is 5.12. The Morgan fingerprint density at radius 3 is 2.37 bits per heavy atom. The predicted octanol–water partition coefficient (Wildman–Crippen LogP) is 1.15. The summed E-state index contributed by atoms with van der Waals surface area (Å²) < 4.78 is 4.68. The molecule has 7 heteroatoms. The van der Waals surface area contributed by atoms with Crippen LogP contribution in [0.2, 0.25) is 0 Å². The van der Waals surface area contributed by atoms with Crippen molar-refractivity contribution in [3.05, 3.63) is 34.9 Å². The van der Waals surface area contributed by atoms with Gasteiger partial charge in [0.05, 0.1) is 29.2 Å². The zero-order chi connectivity index (χ0) is 14.4. The van der Waals surface area contributed by atoms with Crippen LogP contribution in [0.3, 0.4) is 0 Å². The molecule has 0 aromatic heterocycles. The summed E-state index contributed by atoms with van der Waals surface area (Å²) in [4.78, 5) is 33.3. The molecule has 7 nitrogen and oxygen atoms in total. The summed E-state index contributed by atoms with van der Waals surface area (Å²) in [7, 11) is 0. The molecule has 0 aliphatic rings. The van der Waals surface area contributed by atoms with Gasteiger partial charge in [-0.05, 0) is 18.2 Å². The Hall–Kier alpha value is -2.88. The molecule has 0 saturated heterocycles. The zero-order valence-electron chi connectivity index (χ0n) is 9.62. The lowest BCUT2D eigenvalue weighted by Crippen LogP contribution is -2.13. The lowest BCUT2D eigenvalue weighted by atomic mass is 10.0. The second-order valence-corrected chi connectivity index (χ2v) is 3.41. The fourth-order valence-corrected chi connectivity index (χ4v) is 1.30. The van der Waals surface area contributed by atoms with Crippen molar-refractivity contribution < 1.29 is 29.3 Å². The van der Waals surface area contributed by atoms with Gasteiger partial charge in [0, 0.05) is 0 Å². The summed E-state index contributed by atoms with van der Waals surface area (Å²) in [6.45, 7) is -0.189. The molecule has 0 aliphatic carbocycles. The van der Waals surface area contributed by atoms with Crippen LogP contribution in [-0.2, 0) is 4.74 Å². The van der Waals surface area contributed by atoms with Crippen LogP contribution in [0.25, 0.3) is 0 Å². The highest BCUT2D eigenvalue weighted by Crippen LogP contribution is 2.14. The molecule has 0 aliphatic heterocycles. The number of carboxylic acid groups (broad SMARTS) is 2. The second-order valence-electron chi connectivity index (χ2n) is 3.41. The van der Waals surface area contributed by atoms with Gasteiger partial charge in [0.2, 0.25) is 0 Å². The van der Waals surface area contributed by atoms with E-state index in [0.717, 1.165) is 18.2 Å². The zero-order valence-corrected chi connectivity index (χ0v) is 9.62. The number of esters is 1. The van der Waals surface area contributed by atoms with Crippen molar-refractivity contribution in [2.24, 2.45) is 0 Å². The maximum Gasteiger partial charge on any atom is 0.339 e. The van der Waals surface area contributed by atoms with E-state index in [0.29, 0.717) is 0 Å². The van der Waals surface area contributed by atoms with Crippen LogP contribution in [0.1, 0.15) is 37.5 Å². The van der Waals surface area contributed by atoms with Crippen molar-refractivity contribution >= 4 is 17.9 Å². The van der Waals surface area contributed by atoms with Crippen LogP contribution < -0.4 is 0 Å². The maximum atomic E-state index is 11.6. The monoisotopic (exact) mass is 263 g/mol. The number of benzene rings is 1. The van der Waals surface area contributed by atoms with Crippen molar-refractivity contribution in [3.63, 3.8) is 0 Å². The highest BCUT2D eigenvalue weighted by Gasteiger charge is 2.20. The number of carboxylic acids is 2. The van der Waals surface area contributed by atoms with Gasteiger partial charge in [-0.25, -0.2) is 14.4 Å². The summed E-state index contributed by atoms with van der Waals surface area (Å²) >= 11 is 0. The highest BCUT2D eigenvalue weighted by atomic mass is 16.5. The number of hydrogen-bond acceptors (Lipinski definition) is 5. The first-order valence-corrected chi connectivity index (χ1v) is 5.12. The summed E-state index contributed by atoms with van der Waals surface area (Å²) in [6, 6.07) is 4.79. The van der Waals surface area contributed by atoms with E-state index in [1.165, 1.54) is 0 Å². The van der Waals surface area contributed by atoms with Gasteiger partial charge in [-0.2, -0.15) is 5.26 Å². The minimum Gasteiger partial charge on any atom is -0.478 e. The normalized spacial score (nSPS) is 9.42. The number of nitriles is 1. The smallest absolute Gasteiger partial charge is 0.339 e. The third-order valence-corrected chi connectivity index (χ3v) is 2.16. The average molecular weight is 263 g/mol. The van der Waals surface area contributed by atoms with Crippen LogP contribution in [0.5, 0.6) is 0 Å². The third-order valence-electron chi connectivity index (χ3n) is 2.16. The molecule has 0 atom stereocenters. The quantitative estimate of drug-likeness (QED) is 0.602. The molecular weight excluding hydrogens is 254 g/mol. The van der Waals surface area contributed by atoms with Gasteiger partial charge in [-0.1, -0.05) is 0 Å². The number of aromatic carboxylic acids is 2. The number of carbonyl (C=O) groups excluding carboxylic acids is 1. The van der Waals surface area contributed by atoms with Gasteiger partial charge >= 0.3 is 17.9 Å². The molecule has 0 saturated carbocycles. The molecular formula is C12H9NO6. The van der Waals surface area contributed by atoms with E-state index in [-0.39, 0.29) is 29.7 Å². The van der Waals surface area contributed by atoms with Crippen molar-refractivity contribution in [1.29, 1.82) is 5.26 Å². The lowest BCUT2D eigenvalue weighted by molar-refractivity contribution is 0.0502. The minimum atomic E-state index is -1.37. The first-order chi connectivity index (χ1) is 8.97. The third kappa shape index (κ3) is 3.54. The summed E-state index contributed by atoms with van der Waals surface area (Å²) in [6.07, 6.45) is -0.0350. The van der Waals surface area contributed by atoms with Gasteiger partial charge in [0.25, 0.3) is 0 Å². The molecule has 0 radical (unpaired) electrons. The summed E-state index contributed by atoms with van der Waals surface area (Å²) in [5, 5.41) is 26.0. The van der Waals surface area contributed by atoms with Crippen molar-refractivity contribution in [2.75, 3.05) is 6.61 Å². The van der Waals surface area contributed by atoms with E-state index in [1.807, 2.05) is 0 Å². The van der Waals surface area contributed by atoms with Gasteiger partial charge in [0.15, 0.2) is 0 Å². The number of ether oxygens (including phenoxy) is 1. The molecule has 1 aromatic rings. The lowest BCUT2D eigenvalue weighted by Gasteiger charge is -2.07. The molecule has 98 valence electrons. The number of rotatable bonds is 5. The van der Waals surface area contributed by atoms with Gasteiger partial charge in [-0.3, -0.25) is 0 Å². The fourth-order valence-electron chi connectivity index (χ4n) is 1.30. The molecule has 0 unspecified atom stereocenters. The molecule has 0 spiro atoms. The van der Waals surface area contributed by atoms with E-state index < -0.39 is 17.9 Å². The van der Waals surface area contributed by atoms with Crippen LogP contribution in [0.4, 0.5) is 0 Å². The van der Waals surface area contributed by atoms with Crippen LogP contribution in [0.15, 0.2) is 18.2 Å². The molecule has 1 aromatic carbocycles. The Kier molecular flexibility index (Phi) is 4.60. The first kappa shape index (κ1) is 14.2. The average Bonchev–Trinajstić information content (AvgIpc) is 2.37. The second kappa shape index (κ2) is 6.16. The van der Waals surface area contributed by atoms with E-state index in [4.69, 9.17) is 15.5 Å². The Balaban J connectivity index is 3.11. The number of carbonyl (C=O) groups is 3. The molecule has 0 fully saturated rings. The van der Waals surface area contributed by atoms with Crippen molar-refractivity contribution in [2.45, 2.75) is 6.42 Å². The summed E-state index contributed by atoms with van der Waals surface area (Å²) in [5.41, 5.74) is -0.936. The molecule has 0 bridgehead atoms. The predicted molar refractivity (Wildman–Crippen MR) is 60.9 cm³/mol. The molecule has 2 N–H and O–H groups in total. The largest absolute Gasteiger partial charge is 0.478 e. The SMILES string of the molecule is N#CCCOC(=O)c1cc(C(=O)O)ccc1C(=O)O. The van der Waals surface area contributed by atoms with Crippen LogP contribution >= 0.6 is 0 Å². The Morgan fingerprint density at radius 1 is 1.16 bits per heavy atom. The standard InChI is InChI=1S/C12H9NO6/c13-4-1-5-19-12(18)9-6-7(10(14)15)2-3-8(9)11(16)17/h2-3,6H,1,5H2,(H,14,15)(H,16,17). The molecule has 19 heavy (non-hydrogen) atoms. The van der Waals surface area contributed by atoms with E-state index >= 15 is 0 Å². The van der Waals surface area contributed by atoms with E-state index in [1.54, 1.807) is 6.07 Å². The summed E-state index contributed by atoms with van der Waals surface area (Å²) in [5.74, 6) is -3.64. The fraction of sp³-hybridized carbons (Fsp3) is 0.167. The Labute approximate surface area is 107 Å². The van der Waals surface area contributed by atoms with Crippen LogP contribution in [0, 0.1) is 11.3 Å². The topological polar surface area (TPSA) is 125 Å². The molecule has 0 heterocycles. The van der Waals surface area contributed by atoms with Crippen LogP contribution in [-0.4, -0.2) is 34.7 Å². The molecule has 0 amide bonds. The van der Waals surface area contributed by atoms with Gasteiger partial charge in [-0.15, -0.1) is 0 Å². The van der Waals surface area contributed by atoms with Gasteiger partial charge < -0.3 is 14.9 Å². The maximum absolute atomic E-state index is 11.6. The number of nitrogens with zero attached hydrogens (tertiary/aromatic N) is 1. The highest BCUT2D eigenvalue weighted by molar-refractivity contribution is 6.04. The van der Waals surface area contributed by atoms with E-state index in [2.05, 4.69) is 4.74 Å². The van der Waals surface area contributed by atoms with Gasteiger partial charge in [0.1, 0.15) is 6.61 Å². The van der Waals surface area contributed by atoms with Crippen molar-refractivity contribution in [3.8, 4) is 6.07 Å². The Bertz CT molecular complexity index is 572. The minimum absolute atomic E-state index is 0.0350. The Morgan fingerprint density at radius 2 is 1.84 bits per heavy atom. The van der Waals surface area contributed by atoms with E-state index in [9.17, 15) is 14.4 Å². The molecule has 1 rings (SSSR count). The van der Waals surface area contributed by atoms with Crippen molar-refractivity contribution in [1.82, 2.24) is 0 Å².